The van der Waals surface area contributed by atoms with Gasteiger partial charge in [-0.25, -0.2) is 9.69 Å². The van der Waals surface area contributed by atoms with Gasteiger partial charge < -0.3 is 28.1 Å². The number of nitrogens with zero attached hydrogens (tertiary/aromatic N) is 1. The number of carbonyl (C=O) groups is 2. The molecule has 1 fully saturated rings. The summed E-state index contributed by atoms with van der Waals surface area (Å²) in [6.07, 6.45) is 1.22. The molecule has 0 bridgehead atoms. The van der Waals surface area contributed by atoms with Crippen LogP contribution < -0.4 is 9.47 Å². The predicted molar refractivity (Wildman–Crippen MR) is 162 cm³/mol. The largest absolute Gasteiger partial charge is 0.454 e. The molecule has 0 saturated carbocycles. The monoisotopic (exact) mass is 659 g/mol. The van der Waals surface area contributed by atoms with Crippen LogP contribution in [0.2, 0.25) is 18.1 Å². The zero-order valence-electron chi connectivity index (χ0n) is 25.0. The fourth-order valence-corrected chi connectivity index (χ4v) is 6.71. The van der Waals surface area contributed by atoms with Gasteiger partial charge in [-0.3, -0.25) is 4.79 Å². The summed E-state index contributed by atoms with van der Waals surface area (Å²) in [5.41, 5.74) is 1.02. The van der Waals surface area contributed by atoms with E-state index >= 15 is 0 Å². The first kappa shape index (κ1) is 30.7. The third-order valence-electron chi connectivity index (χ3n) is 8.17. The fraction of sp³-hybridized carbons (Fsp3) is 0.484. The van der Waals surface area contributed by atoms with Crippen LogP contribution in [0.1, 0.15) is 50.5 Å². The molecule has 0 radical (unpaired) electrons. The number of amides is 2. The van der Waals surface area contributed by atoms with Gasteiger partial charge in [-0.2, -0.15) is 0 Å². The van der Waals surface area contributed by atoms with E-state index < -0.39 is 50.5 Å². The number of rotatable bonds is 6. The Morgan fingerprint density at radius 2 is 1.67 bits per heavy atom. The minimum absolute atomic E-state index is 0.00372. The van der Waals surface area contributed by atoms with E-state index in [0.29, 0.717) is 16.0 Å². The van der Waals surface area contributed by atoms with Crippen molar-refractivity contribution in [2.75, 3.05) is 6.79 Å². The van der Waals surface area contributed by atoms with Crippen LogP contribution in [0.25, 0.3) is 0 Å². The smallest absolute Gasteiger partial charge is 0.417 e. The van der Waals surface area contributed by atoms with Crippen molar-refractivity contribution < 1.29 is 37.7 Å². The summed E-state index contributed by atoms with van der Waals surface area (Å²) in [5, 5.41) is -0.0307. The highest BCUT2D eigenvalue weighted by molar-refractivity contribution is 9.10. The second-order valence-electron chi connectivity index (χ2n) is 12.7. The van der Waals surface area contributed by atoms with E-state index in [1.165, 1.54) is 0 Å². The highest BCUT2D eigenvalue weighted by Crippen LogP contribution is 2.43. The summed E-state index contributed by atoms with van der Waals surface area (Å²) in [6, 6.07) is 11.7. The Balaban J connectivity index is 1.51. The lowest BCUT2D eigenvalue weighted by atomic mass is 9.93. The predicted octanol–water partition coefficient (Wildman–Crippen LogP) is 6.81. The highest BCUT2D eigenvalue weighted by Gasteiger charge is 2.55. The maximum absolute atomic E-state index is 14.3. The van der Waals surface area contributed by atoms with Gasteiger partial charge in [0.2, 0.25) is 6.79 Å². The van der Waals surface area contributed by atoms with Gasteiger partial charge in [0.25, 0.3) is 5.91 Å². The quantitative estimate of drug-likeness (QED) is 0.247. The molecule has 42 heavy (non-hydrogen) atoms. The summed E-state index contributed by atoms with van der Waals surface area (Å²) in [6.45, 7) is 14.6. The van der Waals surface area contributed by atoms with Gasteiger partial charge in [0.05, 0.1) is 17.7 Å². The average Bonchev–Trinajstić information content (AvgIpc) is 3.50. The van der Waals surface area contributed by atoms with Crippen LogP contribution in [-0.2, 0) is 25.2 Å². The summed E-state index contributed by atoms with van der Waals surface area (Å²) in [7, 11) is -2.20. The van der Waals surface area contributed by atoms with Crippen LogP contribution >= 0.6 is 15.9 Å². The van der Waals surface area contributed by atoms with Gasteiger partial charge >= 0.3 is 6.09 Å². The van der Waals surface area contributed by atoms with Crippen molar-refractivity contribution >= 4 is 36.2 Å². The molecule has 2 amide bonds. The molecule has 2 unspecified atom stereocenters. The van der Waals surface area contributed by atoms with Crippen LogP contribution in [0.5, 0.6) is 11.5 Å². The highest BCUT2D eigenvalue weighted by atomic mass is 79.9. The van der Waals surface area contributed by atoms with Crippen LogP contribution in [0.15, 0.2) is 59.1 Å². The summed E-state index contributed by atoms with van der Waals surface area (Å²) >= 11 is 3.48. The molecule has 2 heterocycles. The van der Waals surface area contributed by atoms with Gasteiger partial charge in [0.1, 0.15) is 18.8 Å². The van der Waals surface area contributed by atoms with E-state index in [1.54, 1.807) is 18.2 Å². The maximum atomic E-state index is 14.3. The first-order chi connectivity index (χ1) is 19.7. The van der Waals surface area contributed by atoms with Gasteiger partial charge in [-0.05, 0) is 65.6 Å². The molecule has 1 aliphatic carbocycles. The third kappa shape index (κ3) is 6.16. The normalized spacial score (nSPS) is 24.3. The lowest BCUT2D eigenvalue weighted by Gasteiger charge is -2.43. The van der Waals surface area contributed by atoms with Gasteiger partial charge in [-0.15, -0.1) is 0 Å². The number of hydrogen-bond donors (Lipinski definition) is 0. The molecule has 1 saturated heterocycles. The van der Waals surface area contributed by atoms with Crippen molar-refractivity contribution in [3.05, 3.63) is 70.2 Å². The summed E-state index contributed by atoms with van der Waals surface area (Å²) in [4.78, 5) is 29.2. The Morgan fingerprint density at radius 1 is 1.02 bits per heavy atom. The van der Waals surface area contributed by atoms with E-state index in [-0.39, 0.29) is 24.0 Å². The Labute approximate surface area is 256 Å². The zero-order valence-corrected chi connectivity index (χ0v) is 27.6. The standard InChI is InChI=1S/C31H38BrNO8Si/c1-30(2,3)42(6,7)41-23-14-13-22(26-27(23)40-31(4,5)39-26)33(29(35)36-17-19-11-9-8-10-12-19)28(34)20-15-24-25(16-21(20)32)38-18-37-24/h8-16,22-23,26-27H,17-18H2,1-7H3/t22?,23?,26-,27+/m0/s1. The third-order valence-corrected chi connectivity index (χ3v) is 13.3. The van der Waals surface area contributed by atoms with Crippen molar-refractivity contribution in [3.63, 3.8) is 0 Å². The second-order valence-corrected chi connectivity index (χ2v) is 18.3. The molecule has 4 atom stereocenters. The second kappa shape index (κ2) is 11.4. The van der Waals surface area contributed by atoms with Crippen LogP contribution in [-0.4, -0.2) is 62.2 Å². The molecule has 2 aromatic rings. The molecule has 0 aromatic heterocycles. The van der Waals surface area contributed by atoms with Crippen molar-refractivity contribution in [2.24, 2.45) is 0 Å². The molecule has 0 N–H and O–H groups in total. The minimum atomic E-state index is -2.20. The summed E-state index contributed by atoms with van der Waals surface area (Å²) < 4.78 is 36.6. The van der Waals surface area contributed by atoms with Crippen LogP contribution in [0, 0.1) is 0 Å². The number of hydrogen-bond acceptors (Lipinski definition) is 8. The van der Waals surface area contributed by atoms with Crippen LogP contribution in [0.4, 0.5) is 4.79 Å². The maximum Gasteiger partial charge on any atom is 0.417 e. The van der Waals surface area contributed by atoms with Gasteiger partial charge in [0.15, 0.2) is 25.6 Å². The Hall–Kier alpha value is -2.70. The van der Waals surface area contributed by atoms with E-state index in [0.717, 1.165) is 10.5 Å². The zero-order chi connectivity index (χ0) is 30.4. The number of imide groups is 1. The van der Waals surface area contributed by atoms with Crippen molar-refractivity contribution in [2.45, 2.75) is 89.5 Å². The summed E-state index contributed by atoms with van der Waals surface area (Å²) in [5.74, 6) is -0.616. The van der Waals surface area contributed by atoms with Crippen LogP contribution in [0.3, 0.4) is 0 Å². The Bertz CT molecular complexity index is 1370. The van der Waals surface area contributed by atoms with Crippen molar-refractivity contribution in [1.82, 2.24) is 4.90 Å². The molecule has 11 heteroatoms. The van der Waals surface area contributed by atoms with Gasteiger partial charge in [-0.1, -0.05) is 63.3 Å². The molecule has 9 nitrogen and oxygen atoms in total. The molecule has 2 aliphatic heterocycles. The number of fused-ring (bicyclic) bond motifs is 2. The minimum Gasteiger partial charge on any atom is -0.454 e. The van der Waals surface area contributed by atoms with E-state index in [9.17, 15) is 9.59 Å². The number of benzene rings is 2. The molecule has 5 rings (SSSR count). The SMILES string of the molecule is CC1(C)O[C@@H]2C(O[Si](C)(C)C(C)(C)C)C=CC(N(C(=O)OCc3ccccc3)C(=O)c3cc4c(cc3Br)OCO4)[C@@H]2O1. The van der Waals surface area contributed by atoms with Crippen molar-refractivity contribution in [1.29, 1.82) is 0 Å². The van der Waals surface area contributed by atoms with Crippen molar-refractivity contribution in [3.8, 4) is 11.5 Å². The Morgan fingerprint density at radius 3 is 2.33 bits per heavy atom. The number of ether oxygens (including phenoxy) is 5. The molecule has 226 valence electrons. The topological polar surface area (TPSA) is 92.8 Å². The van der Waals surface area contributed by atoms with E-state index in [4.69, 9.17) is 28.1 Å². The molecule has 2 aromatic carbocycles. The molecule has 3 aliphatic rings. The van der Waals surface area contributed by atoms with E-state index in [1.807, 2.05) is 50.3 Å². The van der Waals surface area contributed by atoms with E-state index in [2.05, 4.69) is 49.8 Å². The molecular formula is C31H38BrNO8Si. The first-order valence-corrected chi connectivity index (χ1v) is 17.7. The molecule has 0 spiro atoms. The lowest BCUT2D eigenvalue weighted by molar-refractivity contribution is -0.153. The Kier molecular flexibility index (Phi) is 8.36. The average molecular weight is 661 g/mol. The molecular weight excluding hydrogens is 622 g/mol. The van der Waals surface area contributed by atoms with Gasteiger partial charge in [0, 0.05) is 4.47 Å². The fourth-order valence-electron chi connectivity index (χ4n) is 4.97. The first-order valence-electron chi connectivity index (χ1n) is 14.0. The number of carbonyl (C=O) groups excluding carboxylic acids is 2. The number of halogens is 1. The lowest BCUT2D eigenvalue weighted by Crippen LogP contribution is -2.58.